The number of para-hydroxylation sites is 1. The molecule has 16 heavy (non-hydrogen) atoms. The van der Waals surface area contributed by atoms with Crippen molar-refractivity contribution in [3.05, 3.63) is 29.8 Å². The van der Waals surface area contributed by atoms with E-state index < -0.39 is 28.8 Å². The molecule has 0 aromatic heterocycles. The van der Waals surface area contributed by atoms with Crippen molar-refractivity contribution in [2.45, 2.75) is 6.92 Å². The molecule has 0 bridgehead atoms. The van der Waals surface area contributed by atoms with Crippen molar-refractivity contribution in [2.24, 2.45) is 0 Å². The van der Waals surface area contributed by atoms with Gasteiger partial charge in [-0.2, -0.15) is 0 Å². The fraction of sp³-hybridized carbons (Fsp3) is 0.0909. The SMILES string of the molecule is CC(=O)C(=O)/C=C(\O)c1cccc(O)c1O. The van der Waals surface area contributed by atoms with E-state index in [1.807, 2.05) is 0 Å². The van der Waals surface area contributed by atoms with Gasteiger partial charge in [0.15, 0.2) is 17.3 Å². The number of carbonyl (C=O) groups is 2. The first kappa shape index (κ1) is 11.8. The lowest BCUT2D eigenvalue weighted by Crippen LogP contribution is -2.06. The summed E-state index contributed by atoms with van der Waals surface area (Å²) in [4.78, 5) is 21.6. The highest BCUT2D eigenvalue weighted by molar-refractivity contribution is 6.41. The van der Waals surface area contributed by atoms with E-state index in [1.165, 1.54) is 18.2 Å². The minimum atomic E-state index is -0.889. The number of rotatable bonds is 3. The Balaban J connectivity index is 3.15. The van der Waals surface area contributed by atoms with E-state index in [4.69, 9.17) is 5.11 Å². The third-order valence-electron chi connectivity index (χ3n) is 1.91. The Morgan fingerprint density at radius 2 is 1.88 bits per heavy atom. The van der Waals surface area contributed by atoms with Gasteiger partial charge in [0.05, 0.1) is 5.56 Å². The Hall–Kier alpha value is -2.30. The van der Waals surface area contributed by atoms with Gasteiger partial charge >= 0.3 is 0 Å². The van der Waals surface area contributed by atoms with Crippen LogP contribution in [0, 0.1) is 0 Å². The van der Waals surface area contributed by atoms with Crippen LogP contribution in [0.15, 0.2) is 24.3 Å². The van der Waals surface area contributed by atoms with Gasteiger partial charge in [-0.25, -0.2) is 0 Å². The van der Waals surface area contributed by atoms with Gasteiger partial charge in [-0.15, -0.1) is 0 Å². The normalized spacial score (nSPS) is 11.2. The molecule has 0 fully saturated rings. The Bertz CT molecular complexity index is 473. The van der Waals surface area contributed by atoms with Crippen LogP contribution in [0.4, 0.5) is 0 Å². The molecule has 0 atom stereocenters. The monoisotopic (exact) mass is 222 g/mol. The zero-order valence-electron chi connectivity index (χ0n) is 8.47. The van der Waals surface area contributed by atoms with Crippen LogP contribution < -0.4 is 0 Å². The lowest BCUT2D eigenvalue weighted by atomic mass is 10.1. The van der Waals surface area contributed by atoms with Crippen molar-refractivity contribution >= 4 is 17.3 Å². The predicted octanol–water partition coefficient (Wildman–Crippen LogP) is 1.15. The molecule has 0 saturated carbocycles. The lowest BCUT2D eigenvalue weighted by molar-refractivity contribution is -0.132. The summed E-state index contributed by atoms with van der Waals surface area (Å²) in [5, 5.41) is 28.0. The van der Waals surface area contributed by atoms with Crippen LogP contribution >= 0.6 is 0 Å². The number of ketones is 2. The summed E-state index contributed by atoms with van der Waals surface area (Å²) in [6.07, 6.45) is 0.691. The van der Waals surface area contributed by atoms with E-state index in [-0.39, 0.29) is 5.56 Å². The van der Waals surface area contributed by atoms with Gasteiger partial charge in [-0.1, -0.05) is 6.07 Å². The number of phenols is 2. The number of aromatic hydroxyl groups is 2. The number of aliphatic hydroxyl groups excluding tert-OH is 1. The number of aliphatic hydroxyl groups is 1. The molecule has 84 valence electrons. The molecule has 1 aromatic carbocycles. The van der Waals surface area contributed by atoms with Crippen LogP contribution in [0.25, 0.3) is 5.76 Å². The third-order valence-corrected chi connectivity index (χ3v) is 1.91. The van der Waals surface area contributed by atoms with Crippen LogP contribution in [0.1, 0.15) is 12.5 Å². The summed E-state index contributed by atoms with van der Waals surface area (Å²) in [7, 11) is 0. The second kappa shape index (κ2) is 4.48. The van der Waals surface area contributed by atoms with Gasteiger partial charge in [0, 0.05) is 13.0 Å². The molecule has 0 saturated heterocycles. The van der Waals surface area contributed by atoms with Crippen molar-refractivity contribution in [3.8, 4) is 11.5 Å². The van der Waals surface area contributed by atoms with Gasteiger partial charge < -0.3 is 15.3 Å². The number of phenolic OH excluding ortho intramolecular Hbond substituents is 2. The highest BCUT2D eigenvalue weighted by atomic mass is 16.3. The van der Waals surface area contributed by atoms with Gasteiger partial charge in [0.1, 0.15) is 5.76 Å². The van der Waals surface area contributed by atoms with Crippen LogP contribution in [0.2, 0.25) is 0 Å². The summed E-state index contributed by atoms with van der Waals surface area (Å²) in [5.41, 5.74) is -0.116. The number of carbonyl (C=O) groups excluding carboxylic acids is 2. The highest BCUT2D eigenvalue weighted by Gasteiger charge is 2.12. The Morgan fingerprint density at radius 1 is 1.25 bits per heavy atom. The molecule has 0 aliphatic heterocycles. The molecule has 0 aliphatic rings. The molecule has 0 spiro atoms. The third kappa shape index (κ3) is 2.38. The molecule has 0 heterocycles. The fourth-order valence-electron chi connectivity index (χ4n) is 1.04. The Kier molecular flexibility index (Phi) is 3.30. The molecule has 3 N–H and O–H groups in total. The molecule has 1 aromatic rings. The van der Waals surface area contributed by atoms with E-state index in [9.17, 15) is 19.8 Å². The number of benzene rings is 1. The predicted molar refractivity (Wildman–Crippen MR) is 56.1 cm³/mol. The molecule has 0 unspecified atom stereocenters. The molecule has 5 nitrogen and oxygen atoms in total. The highest BCUT2D eigenvalue weighted by Crippen LogP contribution is 2.31. The summed E-state index contributed by atoms with van der Waals surface area (Å²) >= 11 is 0. The van der Waals surface area contributed by atoms with E-state index in [0.717, 1.165) is 6.92 Å². The fourth-order valence-corrected chi connectivity index (χ4v) is 1.04. The zero-order valence-corrected chi connectivity index (χ0v) is 8.47. The van der Waals surface area contributed by atoms with Crippen molar-refractivity contribution < 1.29 is 24.9 Å². The smallest absolute Gasteiger partial charge is 0.224 e. The molecule has 0 radical (unpaired) electrons. The summed E-state index contributed by atoms with van der Waals surface area (Å²) in [6.45, 7) is 1.06. The van der Waals surface area contributed by atoms with Gasteiger partial charge in [0.2, 0.25) is 5.78 Å². The number of Topliss-reactive ketones (excluding diaryl/α,β-unsaturated/α-hetero) is 1. The molecular formula is C11H10O5. The van der Waals surface area contributed by atoms with Crippen LogP contribution in [0.3, 0.4) is 0 Å². The van der Waals surface area contributed by atoms with Crippen LogP contribution in [-0.4, -0.2) is 26.9 Å². The second-order valence-corrected chi connectivity index (χ2v) is 3.12. The average molecular weight is 222 g/mol. The first-order valence-electron chi connectivity index (χ1n) is 4.40. The molecule has 0 aliphatic carbocycles. The quantitative estimate of drug-likeness (QED) is 0.308. The van der Waals surface area contributed by atoms with E-state index in [0.29, 0.717) is 6.08 Å². The summed E-state index contributed by atoms with van der Waals surface area (Å²) in [6, 6.07) is 3.90. The van der Waals surface area contributed by atoms with E-state index in [2.05, 4.69) is 0 Å². The minimum Gasteiger partial charge on any atom is -0.507 e. The van der Waals surface area contributed by atoms with Crippen molar-refractivity contribution in [1.82, 2.24) is 0 Å². The maximum absolute atomic E-state index is 11.0. The summed E-state index contributed by atoms with van der Waals surface area (Å²) in [5.74, 6) is -3.17. The van der Waals surface area contributed by atoms with Gasteiger partial charge in [-0.05, 0) is 12.1 Å². The van der Waals surface area contributed by atoms with Crippen LogP contribution in [-0.2, 0) is 9.59 Å². The number of hydrogen-bond acceptors (Lipinski definition) is 5. The Morgan fingerprint density at radius 3 is 2.44 bits per heavy atom. The number of hydrogen-bond donors (Lipinski definition) is 3. The number of allylic oxidation sites excluding steroid dienone is 1. The average Bonchev–Trinajstić information content (AvgIpc) is 2.21. The van der Waals surface area contributed by atoms with E-state index in [1.54, 1.807) is 0 Å². The molecule has 1 rings (SSSR count). The van der Waals surface area contributed by atoms with E-state index >= 15 is 0 Å². The first-order chi connectivity index (χ1) is 7.43. The maximum atomic E-state index is 11.0. The van der Waals surface area contributed by atoms with Crippen molar-refractivity contribution in [3.63, 3.8) is 0 Å². The molecule has 5 heteroatoms. The second-order valence-electron chi connectivity index (χ2n) is 3.12. The maximum Gasteiger partial charge on any atom is 0.224 e. The largest absolute Gasteiger partial charge is 0.507 e. The lowest BCUT2D eigenvalue weighted by Gasteiger charge is -2.04. The van der Waals surface area contributed by atoms with Crippen molar-refractivity contribution in [2.75, 3.05) is 0 Å². The Labute approximate surface area is 91.3 Å². The van der Waals surface area contributed by atoms with Gasteiger partial charge in [-0.3, -0.25) is 9.59 Å². The van der Waals surface area contributed by atoms with Gasteiger partial charge in [0.25, 0.3) is 0 Å². The standard InChI is InChI=1S/C11H10O5/c1-6(12)9(14)5-10(15)7-3-2-4-8(13)11(7)16/h2-5,13,15-16H,1H3/b10-5-. The minimum absolute atomic E-state index is 0.116. The van der Waals surface area contributed by atoms with Crippen LogP contribution in [0.5, 0.6) is 11.5 Å². The van der Waals surface area contributed by atoms with Crippen molar-refractivity contribution in [1.29, 1.82) is 0 Å². The summed E-state index contributed by atoms with van der Waals surface area (Å²) < 4.78 is 0. The molecule has 0 amide bonds. The topological polar surface area (TPSA) is 94.8 Å². The zero-order chi connectivity index (χ0) is 12.3. The molecular weight excluding hydrogens is 212 g/mol. The first-order valence-corrected chi connectivity index (χ1v) is 4.40.